The van der Waals surface area contributed by atoms with Crippen LogP contribution in [0.15, 0.2) is 18.2 Å². The number of nitrogens with two attached hydrogens (primary N) is 1. The van der Waals surface area contributed by atoms with Gasteiger partial charge >= 0.3 is 0 Å². The number of halogens is 1. The minimum atomic E-state index is -0.603. The highest BCUT2D eigenvalue weighted by molar-refractivity contribution is 5.93. The Morgan fingerprint density at radius 1 is 1.52 bits per heavy atom. The number of hydrogen-bond donors (Lipinski definition) is 2. The molecule has 0 aromatic heterocycles. The average Bonchev–Trinajstić information content (AvgIpc) is 2.90. The molecule has 1 aliphatic rings. The first-order chi connectivity index (χ1) is 9.97. The molecule has 4 nitrogen and oxygen atoms in total. The predicted molar refractivity (Wildman–Crippen MR) is 83.0 cm³/mol. The average molecular weight is 293 g/mol. The number of carbonyl (C=O) groups is 1. The highest BCUT2D eigenvalue weighted by Crippen LogP contribution is 2.23. The quantitative estimate of drug-likeness (QED) is 0.845. The van der Waals surface area contributed by atoms with Gasteiger partial charge in [-0.2, -0.15) is 0 Å². The first kappa shape index (κ1) is 15.8. The highest BCUT2D eigenvalue weighted by Gasteiger charge is 2.21. The Hall–Kier alpha value is -1.62. The maximum atomic E-state index is 14.3. The third kappa shape index (κ3) is 4.17. The van der Waals surface area contributed by atoms with Gasteiger partial charge in [0.2, 0.25) is 5.91 Å². The minimum Gasteiger partial charge on any atom is -0.367 e. The third-order valence-corrected chi connectivity index (χ3v) is 3.76. The zero-order valence-corrected chi connectivity index (χ0v) is 12.7. The lowest BCUT2D eigenvalue weighted by Crippen LogP contribution is -2.40. The number of hydrogen-bond acceptors (Lipinski definition) is 3. The molecule has 1 saturated heterocycles. The van der Waals surface area contributed by atoms with Gasteiger partial charge in [-0.15, -0.1) is 0 Å². The molecule has 21 heavy (non-hydrogen) atoms. The van der Waals surface area contributed by atoms with Crippen molar-refractivity contribution in [3.05, 3.63) is 29.6 Å². The second-order valence-corrected chi connectivity index (χ2v) is 6.12. The lowest BCUT2D eigenvalue weighted by atomic mass is 10.1. The molecular weight excluding hydrogens is 269 g/mol. The molecule has 1 aromatic carbocycles. The van der Waals surface area contributed by atoms with Crippen LogP contribution in [-0.4, -0.2) is 31.6 Å². The largest absolute Gasteiger partial charge is 0.367 e. The van der Waals surface area contributed by atoms with E-state index >= 15 is 0 Å². The number of rotatable bonds is 6. The first-order valence-electron chi connectivity index (χ1n) is 7.55. The van der Waals surface area contributed by atoms with E-state index < -0.39 is 5.91 Å². The van der Waals surface area contributed by atoms with Crippen molar-refractivity contribution in [2.24, 2.45) is 11.7 Å². The zero-order valence-electron chi connectivity index (χ0n) is 12.7. The second kappa shape index (κ2) is 6.89. The smallest absolute Gasteiger partial charge is 0.248 e. The van der Waals surface area contributed by atoms with Crippen LogP contribution in [0, 0.1) is 11.7 Å². The molecule has 1 atom stereocenters. The summed E-state index contributed by atoms with van der Waals surface area (Å²) in [7, 11) is 0. The molecule has 2 rings (SSSR count). The van der Waals surface area contributed by atoms with E-state index in [1.807, 2.05) is 0 Å². The fourth-order valence-corrected chi connectivity index (χ4v) is 2.81. The van der Waals surface area contributed by atoms with Crippen LogP contribution >= 0.6 is 0 Å². The Labute approximate surface area is 125 Å². The molecule has 1 aromatic rings. The zero-order chi connectivity index (χ0) is 15.4. The van der Waals surface area contributed by atoms with E-state index in [0.717, 1.165) is 26.1 Å². The van der Waals surface area contributed by atoms with Crippen LogP contribution in [0.4, 0.5) is 10.1 Å². The molecule has 3 N–H and O–H groups in total. The molecule has 1 unspecified atom stereocenters. The summed E-state index contributed by atoms with van der Waals surface area (Å²) >= 11 is 0. The van der Waals surface area contributed by atoms with Gasteiger partial charge in [-0.3, -0.25) is 4.79 Å². The van der Waals surface area contributed by atoms with E-state index in [9.17, 15) is 9.18 Å². The van der Waals surface area contributed by atoms with Crippen molar-refractivity contribution >= 4 is 11.6 Å². The van der Waals surface area contributed by atoms with Crippen LogP contribution in [-0.2, 0) is 0 Å². The summed E-state index contributed by atoms with van der Waals surface area (Å²) in [6.07, 6.45) is 2.29. The summed E-state index contributed by atoms with van der Waals surface area (Å²) in [5.41, 5.74) is 5.94. The van der Waals surface area contributed by atoms with Gasteiger partial charge in [0.25, 0.3) is 0 Å². The number of primary amides is 1. The third-order valence-electron chi connectivity index (χ3n) is 3.76. The molecule has 116 valence electrons. The molecule has 0 aliphatic carbocycles. The maximum absolute atomic E-state index is 14.3. The van der Waals surface area contributed by atoms with Crippen molar-refractivity contribution < 1.29 is 9.18 Å². The van der Waals surface area contributed by atoms with Crippen LogP contribution in [0.3, 0.4) is 0 Å². The lowest BCUT2D eigenvalue weighted by molar-refractivity contribution is 0.1000. The van der Waals surface area contributed by atoms with Crippen molar-refractivity contribution in [3.8, 4) is 0 Å². The summed E-state index contributed by atoms with van der Waals surface area (Å²) in [4.78, 5) is 13.2. The van der Waals surface area contributed by atoms with Crippen LogP contribution in [0.1, 0.15) is 37.0 Å². The summed E-state index contributed by atoms with van der Waals surface area (Å²) < 4.78 is 14.3. The van der Waals surface area contributed by atoms with Crippen LogP contribution in [0.25, 0.3) is 0 Å². The summed E-state index contributed by atoms with van der Waals surface area (Å²) in [5.74, 6) is -0.556. The number of amides is 1. The number of nitrogens with zero attached hydrogens (tertiary/aromatic N) is 1. The van der Waals surface area contributed by atoms with Gasteiger partial charge in [-0.25, -0.2) is 4.39 Å². The highest BCUT2D eigenvalue weighted by atomic mass is 19.1. The Morgan fingerprint density at radius 2 is 2.29 bits per heavy atom. The van der Waals surface area contributed by atoms with E-state index in [-0.39, 0.29) is 11.4 Å². The Kier molecular flexibility index (Phi) is 5.17. The fourth-order valence-electron chi connectivity index (χ4n) is 2.81. The molecule has 0 radical (unpaired) electrons. The van der Waals surface area contributed by atoms with Crippen LogP contribution < -0.4 is 16.0 Å². The number of nitrogens with one attached hydrogen (secondary N) is 1. The molecule has 5 heteroatoms. The first-order valence-corrected chi connectivity index (χ1v) is 7.55. The van der Waals surface area contributed by atoms with Crippen LogP contribution in [0.2, 0.25) is 0 Å². The standard InChI is InChI=1S/C16H24FN3O/c1-11(2)9-20(10-13-4-3-7-19-13)15-6-5-12(16(18)21)8-14(15)17/h5-6,8,11,13,19H,3-4,7,9-10H2,1-2H3,(H2,18,21). The number of carbonyl (C=O) groups excluding carboxylic acids is 1. The monoisotopic (exact) mass is 293 g/mol. The molecule has 1 heterocycles. The number of benzene rings is 1. The van der Waals surface area contributed by atoms with E-state index in [2.05, 4.69) is 24.1 Å². The second-order valence-electron chi connectivity index (χ2n) is 6.12. The molecule has 0 saturated carbocycles. The van der Waals surface area contributed by atoms with Gasteiger partial charge in [0.1, 0.15) is 5.82 Å². The Balaban J connectivity index is 2.20. The van der Waals surface area contributed by atoms with Crippen molar-refractivity contribution in [1.82, 2.24) is 5.32 Å². The topological polar surface area (TPSA) is 58.4 Å². The maximum Gasteiger partial charge on any atom is 0.248 e. The van der Waals surface area contributed by atoms with Crippen molar-refractivity contribution in [2.45, 2.75) is 32.7 Å². The predicted octanol–water partition coefficient (Wildman–Crippen LogP) is 2.14. The summed E-state index contributed by atoms with van der Waals surface area (Å²) in [6, 6.07) is 4.88. The van der Waals surface area contributed by atoms with Crippen molar-refractivity contribution in [1.29, 1.82) is 0 Å². The summed E-state index contributed by atoms with van der Waals surface area (Å²) in [5, 5.41) is 3.44. The molecule has 1 aliphatic heterocycles. The molecular formula is C16H24FN3O. The van der Waals surface area contributed by atoms with Gasteiger partial charge in [0.05, 0.1) is 5.69 Å². The number of anilines is 1. The molecule has 0 spiro atoms. The van der Waals surface area contributed by atoms with Gasteiger partial charge in [0.15, 0.2) is 0 Å². The van der Waals surface area contributed by atoms with Gasteiger partial charge < -0.3 is 16.0 Å². The molecule has 1 amide bonds. The molecule has 0 bridgehead atoms. The van der Waals surface area contributed by atoms with E-state index in [0.29, 0.717) is 17.6 Å². The van der Waals surface area contributed by atoms with E-state index in [1.54, 1.807) is 12.1 Å². The van der Waals surface area contributed by atoms with Crippen molar-refractivity contribution in [2.75, 3.05) is 24.5 Å². The Bertz CT molecular complexity index is 498. The SMILES string of the molecule is CC(C)CN(CC1CCCN1)c1ccc(C(N)=O)cc1F. The summed E-state index contributed by atoms with van der Waals surface area (Å²) in [6.45, 7) is 6.83. The van der Waals surface area contributed by atoms with E-state index in [1.165, 1.54) is 12.5 Å². The van der Waals surface area contributed by atoms with Gasteiger partial charge in [0, 0.05) is 24.7 Å². The fraction of sp³-hybridized carbons (Fsp3) is 0.562. The minimum absolute atomic E-state index is 0.208. The Morgan fingerprint density at radius 3 is 2.81 bits per heavy atom. The van der Waals surface area contributed by atoms with Crippen LogP contribution in [0.5, 0.6) is 0 Å². The van der Waals surface area contributed by atoms with E-state index in [4.69, 9.17) is 5.73 Å². The normalized spacial score (nSPS) is 18.2. The van der Waals surface area contributed by atoms with Gasteiger partial charge in [-0.1, -0.05) is 13.8 Å². The lowest BCUT2D eigenvalue weighted by Gasteiger charge is -2.30. The van der Waals surface area contributed by atoms with Gasteiger partial charge in [-0.05, 0) is 43.5 Å². The van der Waals surface area contributed by atoms with Crippen molar-refractivity contribution in [3.63, 3.8) is 0 Å². The molecule has 1 fully saturated rings.